The van der Waals surface area contributed by atoms with Crippen LogP contribution >= 0.6 is 27.7 Å². The first-order valence-electron chi connectivity index (χ1n) is 8.58. The number of nitrogens with zero attached hydrogens (tertiary/aromatic N) is 3. The van der Waals surface area contributed by atoms with Gasteiger partial charge in [-0.05, 0) is 24.1 Å². The van der Waals surface area contributed by atoms with Crippen LogP contribution in [0.3, 0.4) is 0 Å². The van der Waals surface area contributed by atoms with Crippen LogP contribution in [0.5, 0.6) is 0 Å². The molecule has 1 N–H and O–H groups in total. The van der Waals surface area contributed by atoms with Crippen molar-refractivity contribution < 1.29 is 0 Å². The number of hydrogen-bond donors (Lipinski definition) is 1. The second kappa shape index (κ2) is 8.26. The van der Waals surface area contributed by atoms with Crippen molar-refractivity contribution in [1.29, 1.82) is 0 Å². The topological polar surface area (TPSA) is 72.7 Å². The molecule has 0 bridgehead atoms. The van der Waals surface area contributed by atoms with Gasteiger partial charge in [0.25, 0.3) is 5.56 Å². The second-order valence-electron chi connectivity index (χ2n) is 6.16. The molecule has 1 aromatic carbocycles. The number of nitrogens with one attached hydrogen (secondary N) is 1. The maximum atomic E-state index is 12.5. The lowest BCUT2D eigenvalue weighted by atomic mass is 10.2. The van der Waals surface area contributed by atoms with Crippen LogP contribution in [0.15, 0.2) is 43.5 Å². The van der Waals surface area contributed by atoms with Crippen molar-refractivity contribution in [2.75, 3.05) is 5.75 Å². The van der Waals surface area contributed by atoms with Crippen LogP contribution in [0.4, 0.5) is 0 Å². The number of aromatic nitrogens is 4. The Morgan fingerprint density at radius 3 is 2.81 bits per heavy atom. The van der Waals surface area contributed by atoms with Gasteiger partial charge >= 0.3 is 5.69 Å². The summed E-state index contributed by atoms with van der Waals surface area (Å²) in [6.45, 7) is 2.69. The van der Waals surface area contributed by atoms with Crippen LogP contribution in [-0.4, -0.2) is 24.9 Å². The standard InChI is InChI=1S/C18H21BrN4O2S/c1-3-4-5-9-26-18-20-15-14(16(24)21-17(25)22(15)2)23(18)11-12-7-6-8-13(19)10-12/h6-8,10H,3-5,9,11H2,1-2H3,(H,21,24,25). The van der Waals surface area contributed by atoms with Crippen molar-refractivity contribution in [3.05, 3.63) is 55.1 Å². The van der Waals surface area contributed by atoms with Crippen LogP contribution in [0.25, 0.3) is 11.2 Å². The molecule has 0 saturated carbocycles. The van der Waals surface area contributed by atoms with Crippen LogP contribution in [0.1, 0.15) is 31.7 Å². The van der Waals surface area contributed by atoms with Gasteiger partial charge in [-0.2, -0.15) is 0 Å². The Morgan fingerprint density at radius 1 is 1.27 bits per heavy atom. The maximum absolute atomic E-state index is 12.5. The number of halogens is 1. The first-order valence-corrected chi connectivity index (χ1v) is 10.4. The summed E-state index contributed by atoms with van der Waals surface area (Å²) in [4.78, 5) is 31.4. The quantitative estimate of drug-likeness (QED) is 0.454. The van der Waals surface area contributed by atoms with E-state index in [1.165, 1.54) is 4.57 Å². The van der Waals surface area contributed by atoms with Crippen LogP contribution in [0.2, 0.25) is 0 Å². The SMILES string of the molecule is CCCCCSc1nc2c(c(=O)[nH]c(=O)n2C)n1Cc1cccc(Br)c1. The number of rotatable bonds is 7. The fraction of sp³-hybridized carbons (Fsp3) is 0.389. The molecule has 2 heterocycles. The molecule has 0 aliphatic heterocycles. The Hall–Kier alpha value is -1.80. The molecule has 0 spiro atoms. The smallest absolute Gasteiger partial charge is 0.309 e. The number of thioether (sulfide) groups is 1. The van der Waals surface area contributed by atoms with Gasteiger partial charge in [-0.25, -0.2) is 9.78 Å². The summed E-state index contributed by atoms with van der Waals surface area (Å²) in [5.41, 5.74) is 1.07. The monoisotopic (exact) mass is 436 g/mol. The van der Waals surface area contributed by atoms with E-state index in [1.54, 1.807) is 18.8 Å². The normalized spacial score (nSPS) is 11.3. The van der Waals surface area contributed by atoms with Crippen molar-refractivity contribution in [3.8, 4) is 0 Å². The van der Waals surface area contributed by atoms with Crippen molar-refractivity contribution >= 4 is 38.9 Å². The van der Waals surface area contributed by atoms with Gasteiger partial charge in [0.1, 0.15) is 0 Å². The Kier molecular flexibility index (Phi) is 6.03. The van der Waals surface area contributed by atoms with Crippen LogP contribution < -0.4 is 11.2 Å². The Balaban J connectivity index is 2.08. The van der Waals surface area contributed by atoms with Crippen molar-refractivity contribution in [2.24, 2.45) is 7.05 Å². The number of H-pyrrole nitrogens is 1. The molecule has 0 aliphatic rings. The van der Waals surface area contributed by atoms with Gasteiger partial charge in [0.05, 0.1) is 6.54 Å². The highest BCUT2D eigenvalue weighted by Gasteiger charge is 2.17. The van der Waals surface area contributed by atoms with E-state index >= 15 is 0 Å². The molecule has 0 fully saturated rings. The molecule has 138 valence electrons. The highest BCUT2D eigenvalue weighted by Crippen LogP contribution is 2.24. The average molecular weight is 437 g/mol. The number of fused-ring (bicyclic) bond motifs is 1. The number of aryl methyl sites for hydroxylation is 1. The fourth-order valence-electron chi connectivity index (χ4n) is 2.80. The minimum absolute atomic E-state index is 0.397. The molecule has 0 aliphatic carbocycles. The zero-order chi connectivity index (χ0) is 18.7. The third-order valence-corrected chi connectivity index (χ3v) is 5.74. The zero-order valence-electron chi connectivity index (χ0n) is 14.8. The summed E-state index contributed by atoms with van der Waals surface area (Å²) in [6, 6.07) is 7.96. The van der Waals surface area contributed by atoms with E-state index in [1.807, 2.05) is 28.8 Å². The highest BCUT2D eigenvalue weighted by molar-refractivity contribution is 9.10. The molecule has 0 atom stereocenters. The largest absolute Gasteiger partial charge is 0.329 e. The molecular formula is C18H21BrN4O2S. The van der Waals surface area contributed by atoms with Gasteiger partial charge < -0.3 is 4.57 Å². The first kappa shape index (κ1) is 19.0. The van der Waals surface area contributed by atoms with Crippen LogP contribution in [-0.2, 0) is 13.6 Å². The summed E-state index contributed by atoms with van der Waals surface area (Å²) in [6.07, 6.45) is 3.41. The fourth-order valence-corrected chi connectivity index (χ4v) is 4.25. The molecule has 2 aromatic heterocycles. The second-order valence-corrected chi connectivity index (χ2v) is 8.13. The predicted molar refractivity (Wildman–Crippen MR) is 109 cm³/mol. The van der Waals surface area contributed by atoms with Crippen LogP contribution in [0, 0.1) is 0 Å². The molecule has 0 amide bonds. The summed E-state index contributed by atoms with van der Waals surface area (Å²) in [5, 5.41) is 0.766. The molecule has 0 radical (unpaired) electrons. The van der Waals surface area contributed by atoms with E-state index in [0.717, 1.165) is 40.2 Å². The van der Waals surface area contributed by atoms with Gasteiger partial charge in [-0.15, -0.1) is 0 Å². The number of aromatic amines is 1. The molecule has 8 heteroatoms. The maximum Gasteiger partial charge on any atom is 0.329 e. The van der Waals surface area contributed by atoms with E-state index < -0.39 is 11.2 Å². The third-order valence-electron chi connectivity index (χ3n) is 4.18. The lowest BCUT2D eigenvalue weighted by molar-refractivity contribution is 0.724. The average Bonchev–Trinajstić information content (AvgIpc) is 2.96. The summed E-state index contributed by atoms with van der Waals surface area (Å²) in [5.74, 6) is 0.932. The van der Waals surface area contributed by atoms with Crippen molar-refractivity contribution in [3.63, 3.8) is 0 Å². The van der Waals surface area contributed by atoms with Gasteiger partial charge in [0.15, 0.2) is 16.3 Å². The van der Waals surface area contributed by atoms with Crippen molar-refractivity contribution in [2.45, 2.75) is 37.9 Å². The number of hydrogen-bond acceptors (Lipinski definition) is 4. The van der Waals surface area contributed by atoms with E-state index in [0.29, 0.717) is 17.7 Å². The summed E-state index contributed by atoms with van der Waals surface area (Å²) < 4.78 is 4.29. The van der Waals surface area contributed by atoms with E-state index in [2.05, 4.69) is 32.8 Å². The molecule has 3 rings (SSSR count). The van der Waals surface area contributed by atoms with E-state index in [4.69, 9.17) is 0 Å². The minimum Gasteiger partial charge on any atom is -0.309 e. The molecule has 6 nitrogen and oxygen atoms in total. The Morgan fingerprint density at radius 2 is 2.08 bits per heavy atom. The number of imidazole rings is 1. The number of benzene rings is 1. The zero-order valence-corrected chi connectivity index (χ0v) is 17.2. The summed E-state index contributed by atoms with van der Waals surface area (Å²) in [7, 11) is 1.63. The lowest BCUT2D eigenvalue weighted by Gasteiger charge is -2.09. The van der Waals surface area contributed by atoms with Gasteiger partial charge in [0.2, 0.25) is 0 Å². The first-order chi connectivity index (χ1) is 12.5. The number of unbranched alkanes of at least 4 members (excludes halogenated alkanes) is 2. The lowest BCUT2D eigenvalue weighted by Crippen LogP contribution is -2.29. The molecular weight excluding hydrogens is 416 g/mol. The Bertz CT molecular complexity index is 1040. The minimum atomic E-state index is -0.447. The van der Waals surface area contributed by atoms with E-state index in [9.17, 15) is 9.59 Å². The third kappa shape index (κ3) is 3.96. The predicted octanol–water partition coefficient (Wildman–Crippen LogP) is 3.52. The Labute approximate surface area is 163 Å². The van der Waals surface area contributed by atoms with Crippen molar-refractivity contribution in [1.82, 2.24) is 19.1 Å². The molecule has 0 unspecified atom stereocenters. The summed E-state index contributed by atoms with van der Waals surface area (Å²) >= 11 is 5.12. The molecule has 3 aromatic rings. The van der Waals surface area contributed by atoms with Gasteiger partial charge in [0, 0.05) is 17.3 Å². The highest BCUT2D eigenvalue weighted by atomic mass is 79.9. The van der Waals surface area contributed by atoms with E-state index in [-0.39, 0.29) is 0 Å². The molecule has 0 saturated heterocycles. The van der Waals surface area contributed by atoms with Gasteiger partial charge in [-0.1, -0.05) is 59.6 Å². The molecule has 26 heavy (non-hydrogen) atoms. The van der Waals surface area contributed by atoms with Gasteiger partial charge in [-0.3, -0.25) is 14.3 Å².